The number of aliphatic carboxylic acids is 1. The Kier molecular flexibility index (Phi) is 9.04. The molecule has 0 unspecified atom stereocenters. The molecular formula is C15H11I3NNaO4. The maximum Gasteiger partial charge on any atom is 1.00 e. The molecule has 5 nitrogen and oxygen atoms in total. The molecule has 0 fully saturated rings. The fourth-order valence-corrected chi connectivity index (χ4v) is 3.40. The van der Waals surface area contributed by atoms with E-state index in [1.807, 2.05) is 28.7 Å². The minimum absolute atomic E-state index is 0. The number of rotatable bonds is 5. The quantitative estimate of drug-likeness (QED) is 0.209. The number of carboxylic acid groups (broad SMARTS) is 1. The third-order valence-corrected chi connectivity index (χ3v) is 5.47. The average molecular weight is 673 g/mol. The number of benzene rings is 2. The summed E-state index contributed by atoms with van der Waals surface area (Å²) in [6.07, 6.45) is 0.210. The second-order valence-corrected chi connectivity index (χ2v) is 9.05. The van der Waals surface area contributed by atoms with Gasteiger partial charge in [-0.3, -0.25) is 0 Å². The third kappa shape index (κ3) is 6.13. The Balaban J connectivity index is 0.00000288. The molecule has 0 aliphatic heterocycles. The van der Waals surface area contributed by atoms with Crippen LogP contribution in [-0.4, -0.2) is 14.6 Å². The zero-order valence-electron chi connectivity index (χ0n) is 12.6. The second kappa shape index (κ2) is 9.55. The van der Waals surface area contributed by atoms with Crippen molar-refractivity contribution in [3.8, 4) is 17.2 Å². The molecule has 0 saturated carbocycles. The zero-order chi connectivity index (χ0) is 17.2. The molecule has 2 aromatic rings. The van der Waals surface area contributed by atoms with Crippen molar-refractivity contribution < 1.29 is 49.3 Å². The Hall–Kier alpha value is 0.660. The molecule has 0 bridgehead atoms. The summed E-state index contributed by atoms with van der Waals surface area (Å²) in [6, 6.07) is 10.1. The van der Waals surface area contributed by atoms with Crippen LogP contribution in [-0.2, 0) is 11.2 Å². The number of carboxylic acids is 1. The van der Waals surface area contributed by atoms with Crippen LogP contribution in [0, 0.1) is 7.14 Å². The van der Waals surface area contributed by atoms with E-state index in [-0.39, 0.29) is 41.7 Å². The van der Waals surface area contributed by atoms with Crippen LogP contribution in [0.15, 0.2) is 36.4 Å². The van der Waals surface area contributed by atoms with Gasteiger partial charge in [0.25, 0.3) is 0 Å². The summed E-state index contributed by atoms with van der Waals surface area (Å²) in [5.74, 6) is 0.112. The molecule has 1 atom stereocenters. The SMILES string of the molecule is N[C@](I)(Cc1ccc(Oc2ccc([O-])c(I)c2)c(I)c1)C(=O)O.[Na+]. The van der Waals surface area contributed by atoms with Crippen LogP contribution in [0.4, 0.5) is 0 Å². The Morgan fingerprint density at radius 3 is 2.42 bits per heavy atom. The van der Waals surface area contributed by atoms with Crippen molar-refractivity contribution in [2.75, 3.05) is 0 Å². The number of halogens is 3. The van der Waals surface area contributed by atoms with Crippen molar-refractivity contribution in [3.63, 3.8) is 0 Å². The molecule has 0 saturated heterocycles. The normalized spacial score (nSPS) is 12.8. The molecular weight excluding hydrogens is 662 g/mol. The molecule has 3 N–H and O–H groups in total. The van der Waals surface area contributed by atoms with Crippen LogP contribution in [0.2, 0.25) is 0 Å². The second-order valence-electron chi connectivity index (χ2n) is 4.80. The minimum atomic E-state index is -1.34. The van der Waals surface area contributed by atoms with Crippen molar-refractivity contribution in [1.82, 2.24) is 0 Å². The van der Waals surface area contributed by atoms with Gasteiger partial charge in [0.1, 0.15) is 11.5 Å². The fourth-order valence-electron chi connectivity index (χ4n) is 1.78. The molecule has 0 radical (unpaired) electrons. The summed E-state index contributed by atoms with van der Waals surface area (Å²) in [5.41, 5.74) is 6.57. The van der Waals surface area contributed by atoms with E-state index in [4.69, 9.17) is 15.6 Å². The summed E-state index contributed by atoms with van der Waals surface area (Å²) in [7, 11) is 0. The molecule has 9 heteroatoms. The Bertz CT molecular complexity index is 755. The van der Waals surface area contributed by atoms with Gasteiger partial charge in [-0.1, -0.05) is 17.9 Å². The van der Waals surface area contributed by atoms with Gasteiger partial charge in [0.15, 0.2) is 3.55 Å². The molecule has 0 aliphatic carbocycles. The van der Waals surface area contributed by atoms with Gasteiger partial charge in [-0.2, -0.15) is 0 Å². The molecule has 122 valence electrons. The third-order valence-electron chi connectivity index (χ3n) is 2.94. The first-order chi connectivity index (χ1) is 10.7. The number of hydrogen-bond donors (Lipinski definition) is 2. The van der Waals surface area contributed by atoms with E-state index in [1.54, 1.807) is 46.9 Å². The molecule has 2 rings (SSSR count). The van der Waals surface area contributed by atoms with Crippen LogP contribution in [0.1, 0.15) is 5.56 Å². The molecule has 0 aromatic heterocycles. The standard InChI is InChI=1S/C15H12I3NO4.Na/c16-10-6-9(2-3-12(10)20)23-13-4-1-8(5-11(13)17)7-15(18,19)14(21)22;/h1-6,20H,7,19H2,(H,21,22);/q;+1/p-1/t15-;/m1./s1. The maximum atomic E-state index is 11.4. The molecule has 2 aromatic carbocycles. The zero-order valence-corrected chi connectivity index (χ0v) is 21.0. The van der Waals surface area contributed by atoms with Gasteiger partial charge in [0.2, 0.25) is 0 Å². The van der Waals surface area contributed by atoms with Gasteiger partial charge < -0.3 is 20.7 Å². The molecule has 0 spiro atoms. The van der Waals surface area contributed by atoms with E-state index in [0.717, 1.165) is 9.13 Å². The van der Waals surface area contributed by atoms with Crippen LogP contribution in [0.3, 0.4) is 0 Å². The summed E-state index contributed by atoms with van der Waals surface area (Å²) in [6.45, 7) is 0. The van der Waals surface area contributed by atoms with Crippen LogP contribution in [0.25, 0.3) is 0 Å². The number of alkyl halides is 1. The first-order valence-corrected chi connectivity index (χ1v) is 9.57. The molecule has 0 aliphatic rings. The Morgan fingerprint density at radius 1 is 1.21 bits per heavy atom. The predicted octanol–water partition coefficient (Wildman–Crippen LogP) is 0.483. The molecule has 0 heterocycles. The van der Waals surface area contributed by atoms with Gasteiger partial charge in [-0.15, -0.1) is 0 Å². The van der Waals surface area contributed by atoms with E-state index in [1.165, 1.54) is 6.07 Å². The predicted molar refractivity (Wildman–Crippen MR) is 110 cm³/mol. The van der Waals surface area contributed by atoms with Gasteiger partial charge >= 0.3 is 35.5 Å². The van der Waals surface area contributed by atoms with Crippen LogP contribution < -0.4 is 45.1 Å². The van der Waals surface area contributed by atoms with Gasteiger partial charge in [0.05, 0.1) is 3.57 Å². The largest absolute Gasteiger partial charge is 1.00 e. The van der Waals surface area contributed by atoms with Crippen LogP contribution >= 0.6 is 67.8 Å². The monoisotopic (exact) mass is 673 g/mol. The van der Waals surface area contributed by atoms with E-state index in [9.17, 15) is 9.90 Å². The van der Waals surface area contributed by atoms with Gasteiger partial charge in [0, 0.05) is 9.99 Å². The first-order valence-electron chi connectivity index (χ1n) is 6.33. The van der Waals surface area contributed by atoms with E-state index >= 15 is 0 Å². The van der Waals surface area contributed by atoms with Crippen LogP contribution in [0.5, 0.6) is 17.2 Å². The van der Waals surface area contributed by atoms with Crippen molar-refractivity contribution in [2.24, 2.45) is 5.73 Å². The fraction of sp³-hybridized carbons (Fsp3) is 0.133. The minimum Gasteiger partial charge on any atom is -0.872 e. The van der Waals surface area contributed by atoms with Crippen molar-refractivity contribution in [1.29, 1.82) is 0 Å². The molecule has 0 amide bonds. The summed E-state index contributed by atoms with van der Waals surface area (Å²) < 4.78 is 5.85. The smallest absolute Gasteiger partial charge is 0.872 e. The topological polar surface area (TPSA) is 95.6 Å². The van der Waals surface area contributed by atoms with E-state index in [2.05, 4.69) is 22.6 Å². The maximum absolute atomic E-state index is 11.4. The Morgan fingerprint density at radius 2 is 1.88 bits per heavy atom. The van der Waals surface area contributed by atoms with Crippen molar-refractivity contribution in [2.45, 2.75) is 9.97 Å². The van der Waals surface area contributed by atoms with Gasteiger partial charge in [-0.05, 0) is 97.6 Å². The summed E-state index contributed by atoms with van der Waals surface area (Å²) >= 11 is 5.81. The Labute approximate surface area is 202 Å². The van der Waals surface area contributed by atoms with Crippen molar-refractivity contribution >= 4 is 73.7 Å². The molecule has 24 heavy (non-hydrogen) atoms. The summed E-state index contributed by atoms with van der Waals surface area (Å²) in [4.78, 5) is 11.1. The number of ether oxygens (including phenoxy) is 1. The number of carbonyl (C=O) groups is 1. The first kappa shape index (κ1) is 22.7. The number of nitrogens with two attached hydrogens (primary N) is 1. The van der Waals surface area contributed by atoms with E-state index in [0.29, 0.717) is 15.1 Å². The summed E-state index contributed by atoms with van der Waals surface area (Å²) in [5, 5.41) is 20.5. The average Bonchev–Trinajstić information content (AvgIpc) is 2.45. The van der Waals surface area contributed by atoms with Gasteiger partial charge in [-0.25, -0.2) is 4.79 Å². The number of hydrogen-bond acceptors (Lipinski definition) is 4. The van der Waals surface area contributed by atoms with E-state index < -0.39 is 9.51 Å². The van der Waals surface area contributed by atoms with Crippen molar-refractivity contribution in [3.05, 3.63) is 49.1 Å².